The van der Waals surface area contributed by atoms with Gasteiger partial charge >= 0.3 is 0 Å². The van der Waals surface area contributed by atoms with Crippen LogP contribution in [0.1, 0.15) is 36.5 Å². The van der Waals surface area contributed by atoms with E-state index in [4.69, 9.17) is 0 Å². The number of carbonyl (C=O) groups excluding carboxylic acids is 2. The molecule has 2 aliphatic heterocycles. The van der Waals surface area contributed by atoms with Gasteiger partial charge in [0, 0.05) is 35.1 Å². The van der Waals surface area contributed by atoms with E-state index in [-0.39, 0.29) is 11.8 Å². The van der Waals surface area contributed by atoms with Crippen LogP contribution in [-0.4, -0.2) is 49.9 Å². The van der Waals surface area contributed by atoms with Gasteiger partial charge in [-0.1, -0.05) is 18.6 Å². The lowest BCUT2D eigenvalue weighted by Gasteiger charge is -2.32. The number of nitrogens with one attached hydrogen (secondary N) is 1. The Morgan fingerprint density at radius 1 is 1.21 bits per heavy atom. The lowest BCUT2D eigenvalue weighted by atomic mass is 10.0. The van der Waals surface area contributed by atoms with E-state index in [1.807, 2.05) is 19.1 Å². The maximum absolute atomic E-state index is 12.9. The van der Waals surface area contributed by atoms with Crippen molar-refractivity contribution in [3.63, 3.8) is 0 Å². The van der Waals surface area contributed by atoms with E-state index in [0.29, 0.717) is 30.8 Å². The summed E-state index contributed by atoms with van der Waals surface area (Å²) in [5.41, 5.74) is 2.06. The molecule has 0 aromatic heterocycles. The van der Waals surface area contributed by atoms with E-state index in [1.54, 1.807) is 23.1 Å². The molecule has 2 aliphatic rings. The van der Waals surface area contributed by atoms with Crippen LogP contribution in [0.5, 0.6) is 0 Å². The van der Waals surface area contributed by atoms with Crippen molar-refractivity contribution in [2.45, 2.75) is 32.2 Å². The Kier molecular flexibility index (Phi) is 4.63. The molecule has 0 aliphatic carbocycles. The van der Waals surface area contributed by atoms with Crippen LogP contribution in [0.25, 0.3) is 10.8 Å². The van der Waals surface area contributed by atoms with E-state index >= 15 is 0 Å². The predicted molar refractivity (Wildman–Crippen MR) is 109 cm³/mol. The minimum atomic E-state index is -3.46. The van der Waals surface area contributed by atoms with Crippen LogP contribution < -0.4 is 10.2 Å². The Hall–Kier alpha value is -2.45. The van der Waals surface area contributed by atoms with Gasteiger partial charge in [-0.3, -0.25) is 9.59 Å². The first-order valence-electron chi connectivity index (χ1n) is 9.48. The summed E-state index contributed by atoms with van der Waals surface area (Å²) in [6, 6.07) is 8.39. The topological polar surface area (TPSA) is 86.8 Å². The number of benzene rings is 2. The van der Waals surface area contributed by atoms with Gasteiger partial charge in [0.2, 0.25) is 15.9 Å². The maximum atomic E-state index is 12.9. The van der Waals surface area contributed by atoms with Crippen molar-refractivity contribution in [1.82, 2.24) is 4.31 Å². The fourth-order valence-electron chi connectivity index (χ4n) is 4.25. The fraction of sp³-hybridized carbons (Fsp3) is 0.400. The van der Waals surface area contributed by atoms with E-state index in [2.05, 4.69) is 5.32 Å². The first-order valence-corrected chi connectivity index (χ1v) is 11.3. The van der Waals surface area contributed by atoms with Crippen molar-refractivity contribution in [3.8, 4) is 0 Å². The molecule has 1 atom stereocenters. The molecule has 1 N–H and O–H groups in total. The van der Waals surface area contributed by atoms with Gasteiger partial charge < -0.3 is 10.2 Å². The van der Waals surface area contributed by atoms with Gasteiger partial charge in [0.25, 0.3) is 5.91 Å². The minimum absolute atomic E-state index is 0.0397. The minimum Gasteiger partial charge on any atom is -0.324 e. The molecule has 2 heterocycles. The van der Waals surface area contributed by atoms with Gasteiger partial charge in [0.15, 0.2) is 0 Å². The molecule has 1 unspecified atom stereocenters. The van der Waals surface area contributed by atoms with Crippen LogP contribution >= 0.6 is 0 Å². The van der Waals surface area contributed by atoms with E-state index in [9.17, 15) is 18.0 Å². The van der Waals surface area contributed by atoms with Gasteiger partial charge in [0.1, 0.15) is 6.04 Å². The molecular formula is C20H23N3O4S. The monoisotopic (exact) mass is 401 g/mol. The summed E-state index contributed by atoms with van der Waals surface area (Å²) in [7, 11) is -3.46. The summed E-state index contributed by atoms with van der Waals surface area (Å²) in [6.07, 6.45) is 3.21. The highest BCUT2D eigenvalue weighted by molar-refractivity contribution is 7.88. The number of anilines is 2. The van der Waals surface area contributed by atoms with Crippen LogP contribution in [0, 0.1) is 0 Å². The van der Waals surface area contributed by atoms with E-state index < -0.39 is 16.1 Å². The molecule has 0 radical (unpaired) electrons. The summed E-state index contributed by atoms with van der Waals surface area (Å²) in [4.78, 5) is 27.3. The second-order valence-electron chi connectivity index (χ2n) is 7.28. The summed E-state index contributed by atoms with van der Waals surface area (Å²) in [5.74, 6) is -0.371. The lowest BCUT2D eigenvalue weighted by Crippen LogP contribution is -2.49. The van der Waals surface area contributed by atoms with Crippen LogP contribution in [-0.2, 0) is 14.8 Å². The molecule has 0 bridgehead atoms. The average Bonchev–Trinajstić information content (AvgIpc) is 2.96. The Balaban J connectivity index is 1.71. The predicted octanol–water partition coefficient (Wildman–Crippen LogP) is 2.57. The number of hydrogen-bond acceptors (Lipinski definition) is 4. The zero-order valence-electron chi connectivity index (χ0n) is 15.9. The third-order valence-electron chi connectivity index (χ3n) is 5.54. The second-order valence-corrected chi connectivity index (χ2v) is 9.22. The molecule has 4 rings (SSSR count). The van der Waals surface area contributed by atoms with Crippen molar-refractivity contribution in [1.29, 1.82) is 0 Å². The Labute approximate surface area is 164 Å². The highest BCUT2D eigenvalue weighted by Crippen LogP contribution is 2.40. The van der Waals surface area contributed by atoms with Crippen LogP contribution in [0.15, 0.2) is 30.3 Å². The van der Waals surface area contributed by atoms with Crippen molar-refractivity contribution in [3.05, 3.63) is 35.9 Å². The average molecular weight is 401 g/mol. The van der Waals surface area contributed by atoms with Gasteiger partial charge in [-0.05, 0) is 38.0 Å². The number of hydrogen-bond donors (Lipinski definition) is 1. The molecule has 8 heteroatoms. The molecule has 0 spiro atoms. The molecule has 2 amide bonds. The van der Waals surface area contributed by atoms with Crippen molar-refractivity contribution >= 4 is 44.0 Å². The largest absolute Gasteiger partial charge is 0.324 e. The molecule has 1 fully saturated rings. The number of piperidine rings is 1. The normalized spacial score (nSPS) is 20.0. The maximum Gasteiger partial charge on any atom is 0.258 e. The van der Waals surface area contributed by atoms with Gasteiger partial charge in [0.05, 0.1) is 11.9 Å². The van der Waals surface area contributed by atoms with Crippen molar-refractivity contribution < 1.29 is 18.0 Å². The third-order valence-corrected chi connectivity index (χ3v) is 6.83. The van der Waals surface area contributed by atoms with Crippen molar-refractivity contribution in [2.75, 3.05) is 29.6 Å². The molecule has 1 saturated heterocycles. The second kappa shape index (κ2) is 6.86. The molecule has 0 saturated carbocycles. The molecular weight excluding hydrogens is 378 g/mol. The summed E-state index contributed by atoms with van der Waals surface area (Å²) >= 11 is 0. The molecule has 148 valence electrons. The van der Waals surface area contributed by atoms with Crippen LogP contribution in [0.4, 0.5) is 11.4 Å². The van der Waals surface area contributed by atoms with E-state index in [1.165, 1.54) is 4.31 Å². The third kappa shape index (κ3) is 2.97. The highest BCUT2D eigenvalue weighted by Gasteiger charge is 2.35. The summed E-state index contributed by atoms with van der Waals surface area (Å²) in [6.45, 7) is 2.86. The Morgan fingerprint density at radius 3 is 2.71 bits per heavy atom. The highest BCUT2D eigenvalue weighted by atomic mass is 32.2. The number of rotatable bonds is 4. The SMILES string of the molecule is CCN1C(=O)c2cccc3c(NC(=O)C4CCCCN4S(C)(=O)=O)ccc1c23. The fourth-order valence-corrected chi connectivity index (χ4v) is 5.37. The molecule has 2 aromatic carbocycles. The zero-order chi connectivity index (χ0) is 20.1. The first kappa shape index (κ1) is 18.9. The van der Waals surface area contributed by atoms with Gasteiger partial charge in [-0.15, -0.1) is 0 Å². The standard InChI is InChI=1S/C20H23N3O4S/c1-3-22-16-11-10-15(13-7-6-8-14(18(13)16)20(22)25)21-19(24)17-9-4-5-12-23(17)28(2,26)27/h6-8,10-11,17H,3-5,9,12H2,1-2H3,(H,21,24). The van der Waals surface area contributed by atoms with Gasteiger partial charge in [-0.2, -0.15) is 4.31 Å². The summed E-state index contributed by atoms with van der Waals surface area (Å²) in [5, 5.41) is 4.53. The number of carbonyl (C=O) groups is 2. The molecule has 28 heavy (non-hydrogen) atoms. The Morgan fingerprint density at radius 2 is 2.00 bits per heavy atom. The molecule has 2 aromatic rings. The Bertz CT molecular complexity index is 1080. The number of sulfonamides is 1. The van der Waals surface area contributed by atoms with E-state index in [0.717, 1.165) is 35.6 Å². The number of amides is 2. The number of nitrogens with zero attached hydrogens (tertiary/aromatic N) is 2. The molecule has 7 nitrogen and oxygen atoms in total. The van der Waals surface area contributed by atoms with Gasteiger partial charge in [-0.25, -0.2) is 8.42 Å². The van der Waals surface area contributed by atoms with Crippen LogP contribution in [0.3, 0.4) is 0 Å². The lowest BCUT2D eigenvalue weighted by molar-refractivity contribution is -0.120. The smallest absolute Gasteiger partial charge is 0.258 e. The zero-order valence-corrected chi connectivity index (χ0v) is 16.8. The summed E-state index contributed by atoms with van der Waals surface area (Å²) < 4.78 is 25.4. The quantitative estimate of drug-likeness (QED) is 0.853. The first-order chi connectivity index (χ1) is 13.3. The van der Waals surface area contributed by atoms with Crippen molar-refractivity contribution in [2.24, 2.45) is 0 Å². The van der Waals surface area contributed by atoms with Crippen LogP contribution in [0.2, 0.25) is 0 Å².